The lowest BCUT2D eigenvalue weighted by molar-refractivity contribution is -0.138. The first kappa shape index (κ1) is 92.0. The van der Waals surface area contributed by atoms with Crippen molar-refractivity contribution in [3.8, 4) is 17.2 Å². The number of hydrogen-bond donors (Lipinski definition) is 5. The molecule has 5 amide bonds. The molecular formula is C81H116N12O16S3. The summed E-state index contributed by atoms with van der Waals surface area (Å²) in [6.45, 7) is 16.1. The molecule has 5 N–H and O–H groups in total. The number of nitrogens with zero attached hydrogens (tertiary/aromatic N) is 8. The van der Waals surface area contributed by atoms with Crippen LogP contribution in [-0.4, -0.2) is 267 Å². The van der Waals surface area contributed by atoms with E-state index < -0.39 is 79.9 Å². The number of fused-ring (bicyclic) bond motifs is 3. The number of carbonyl (C=O) groups is 6. The van der Waals surface area contributed by atoms with Gasteiger partial charge in [-0.2, -0.15) is 12.9 Å². The predicted octanol–water partition coefficient (Wildman–Crippen LogP) is 5.05. The number of methoxy groups -OCH3 is 3. The van der Waals surface area contributed by atoms with Crippen molar-refractivity contribution in [2.75, 3.05) is 163 Å². The van der Waals surface area contributed by atoms with Gasteiger partial charge in [-0.1, -0.05) is 54.6 Å². The van der Waals surface area contributed by atoms with E-state index in [1.165, 1.54) is 96.2 Å². The standard InChI is InChI=1S/2C27H38N4O5S.C14H20N2O6S.C13H20N2/c2*1-19-13-24(36-6)14-20(2)27(19)37(34,35)31(5)18-25(32)28-16-26(33)30(4)17-21-7-8-22-9-11-29(3)12-10-23(22)15-21;1-9-5-11(22-4)6-10(2)14(9)23(20,21)16(3)8-12(17)15-7-13(18)19;1-14-10-11-3-4-12-5-7-15(2)8-6-13(12)9-11/h2*7-8,13-15H,9-12,16-18H2,1-6H3,(H,28,32);5-6H,7-8H2,1-4H3,(H,15,17)(H,18,19);3-4,9,14H,5-8,10H2,1-2H3. The number of amides is 5. The van der Waals surface area contributed by atoms with Crippen molar-refractivity contribution in [2.45, 2.75) is 114 Å². The van der Waals surface area contributed by atoms with Crippen molar-refractivity contribution in [2.24, 2.45) is 0 Å². The number of carboxylic acids is 1. The van der Waals surface area contributed by atoms with Crippen LogP contribution in [0.25, 0.3) is 0 Å². The molecule has 9 rings (SSSR count). The Balaban J connectivity index is 0.000000245. The van der Waals surface area contributed by atoms with Crippen molar-refractivity contribution in [3.05, 3.63) is 174 Å². The highest BCUT2D eigenvalue weighted by molar-refractivity contribution is 7.89. The van der Waals surface area contributed by atoms with Gasteiger partial charge in [0.05, 0.1) is 68.7 Å². The summed E-state index contributed by atoms with van der Waals surface area (Å²) in [5.41, 5.74) is 15.1. The van der Waals surface area contributed by atoms with Gasteiger partial charge in [-0.05, 0) is 228 Å². The summed E-state index contributed by atoms with van der Waals surface area (Å²) in [6, 6.07) is 29.4. The van der Waals surface area contributed by atoms with Crippen molar-refractivity contribution >= 4 is 65.6 Å². The van der Waals surface area contributed by atoms with E-state index in [-0.39, 0.29) is 39.6 Å². The molecule has 3 aliphatic rings. The highest BCUT2D eigenvalue weighted by Gasteiger charge is 2.31. The fourth-order valence-electron chi connectivity index (χ4n) is 13.5. The van der Waals surface area contributed by atoms with E-state index in [2.05, 4.69) is 112 Å². The highest BCUT2D eigenvalue weighted by atomic mass is 32.2. The Morgan fingerprint density at radius 2 is 0.643 bits per heavy atom. The first-order chi connectivity index (χ1) is 52.7. The number of aryl methyl sites for hydroxylation is 6. The molecule has 31 heteroatoms. The quantitative estimate of drug-likeness (QED) is 0.0451. The van der Waals surface area contributed by atoms with Crippen molar-refractivity contribution in [1.82, 2.24) is 58.7 Å². The summed E-state index contributed by atoms with van der Waals surface area (Å²) in [7, 11) is 8.62. The molecule has 6 aromatic rings. The zero-order chi connectivity index (χ0) is 83.1. The molecule has 3 aliphatic heterocycles. The maximum absolute atomic E-state index is 13.1. The van der Waals surface area contributed by atoms with Gasteiger partial charge in [0.2, 0.25) is 59.6 Å². The van der Waals surface area contributed by atoms with Crippen LogP contribution in [0.1, 0.15) is 83.5 Å². The highest BCUT2D eigenvalue weighted by Crippen LogP contribution is 2.31. The van der Waals surface area contributed by atoms with Gasteiger partial charge in [-0.25, -0.2) is 25.3 Å². The van der Waals surface area contributed by atoms with Crippen LogP contribution in [0.3, 0.4) is 0 Å². The van der Waals surface area contributed by atoms with E-state index in [1.807, 2.05) is 7.05 Å². The maximum atomic E-state index is 13.1. The lowest BCUT2D eigenvalue weighted by atomic mass is 10.00. The fourth-order valence-corrected chi connectivity index (χ4v) is 18.1. The van der Waals surface area contributed by atoms with Gasteiger partial charge in [0.1, 0.15) is 23.8 Å². The minimum absolute atomic E-state index is 0.104. The van der Waals surface area contributed by atoms with E-state index >= 15 is 0 Å². The van der Waals surface area contributed by atoms with Crippen LogP contribution in [0, 0.1) is 41.5 Å². The molecule has 6 aromatic carbocycles. The Morgan fingerprint density at radius 1 is 0.393 bits per heavy atom. The second-order valence-corrected chi connectivity index (χ2v) is 35.0. The molecule has 0 aliphatic carbocycles. The number of aliphatic carboxylic acids is 1. The molecule has 0 bridgehead atoms. The van der Waals surface area contributed by atoms with Gasteiger partial charge in [0, 0.05) is 94.1 Å². The molecule has 0 radical (unpaired) electrons. The average Bonchev–Trinajstić information content (AvgIpc) is 1.14. The molecule has 614 valence electrons. The number of carbonyl (C=O) groups excluding carboxylic acids is 5. The second kappa shape index (κ2) is 42.3. The molecular weight excluding hydrogens is 1490 g/mol. The monoisotopic (exact) mass is 1610 g/mol. The maximum Gasteiger partial charge on any atom is 0.322 e. The van der Waals surface area contributed by atoms with Gasteiger partial charge in [-0.15, -0.1) is 0 Å². The zero-order valence-corrected chi connectivity index (χ0v) is 70.8. The zero-order valence-electron chi connectivity index (χ0n) is 68.4. The molecule has 0 atom stereocenters. The Hall–Kier alpha value is -8.89. The second-order valence-electron chi connectivity index (χ2n) is 29.0. The Bertz CT molecular complexity index is 4410. The van der Waals surface area contributed by atoms with Gasteiger partial charge in [0.15, 0.2) is 0 Å². The molecule has 0 saturated carbocycles. The van der Waals surface area contributed by atoms with E-state index in [0.29, 0.717) is 63.7 Å². The fraction of sp³-hybridized carbons (Fsp3) is 0.481. The van der Waals surface area contributed by atoms with Crippen molar-refractivity contribution in [3.63, 3.8) is 0 Å². The third-order valence-corrected chi connectivity index (χ3v) is 26.2. The Labute approximate surface area is 663 Å². The van der Waals surface area contributed by atoms with Crippen LogP contribution in [-0.2, 0) is 117 Å². The normalized spacial score (nSPS) is 14.0. The largest absolute Gasteiger partial charge is 0.497 e. The van der Waals surface area contributed by atoms with E-state index in [4.69, 9.17) is 19.3 Å². The number of carboxylic acid groups (broad SMARTS) is 1. The Morgan fingerprint density at radius 3 is 0.902 bits per heavy atom. The first-order valence-corrected chi connectivity index (χ1v) is 41.4. The SMILES string of the molecule is CNCc1ccc2c(c1)CCN(C)CC2.COc1cc(C)c(S(=O)(=O)N(C)CC(=O)NCC(=O)N(C)Cc2ccc3c(c2)CCN(C)CC3)c(C)c1.COc1cc(C)c(S(=O)(=O)N(C)CC(=O)NCC(=O)N(C)Cc2ccc3c(c2)CCN(C)CC3)c(C)c1.COc1cc(C)c(S(=O)(=O)N(C)CC(=O)NCC(=O)O)c(C)c1. The topological polar surface area (TPSA) is 327 Å². The minimum Gasteiger partial charge on any atom is -0.497 e. The van der Waals surface area contributed by atoms with Crippen LogP contribution in [0.15, 0.2) is 106 Å². The molecule has 0 fully saturated rings. The third kappa shape index (κ3) is 26.3. The van der Waals surface area contributed by atoms with Crippen LogP contribution >= 0.6 is 0 Å². The Kier molecular flexibility index (Phi) is 34.7. The molecule has 28 nitrogen and oxygen atoms in total. The number of rotatable bonds is 27. The van der Waals surface area contributed by atoms with Crippen molar-refractivity contribution in [1.29, 1.82) is 0 Å². The van der Waals surface area contributed by atoms with Crippen LogP contribution in [0.2, 0.25) is 0 Å². The van der Waals surface area contributed by atoms with Crippen LogP contribution in [0.4, 0.5) is 0 Å². The summed E-state index contributed by atoms with van der Waals surface area (Å²) in [6.07, 6.45) is 6.41. The molecule has 3 heterocycles. The average molecular weight is 1610 g/mol. The van der Waals surface area contributed by atoms with Gasteiger partial charge >= 0.3 is 5.97 Å². The molecule has 112 heavy (non-hydrogen) atoms. The van der Waals surface area contributed by atoms with E-state index in [1.54, 1.807) is 113 Å². The molecule has 0 spiro atoms. The summed E-state index contributed by atoms with van der Waals surface area (Å²) in [5.74, 6) is -1.83. The number of sulfonamides is 3. The lowest BCUT2D eigenvalue weighted by Crippen LogP contribution is -2.43. The van der Waals surface area contributed by atoms with Crippen molar-refractivity contribution < 1.29 is 73.3 Å². The molecule has 0 aromatic heterocycles. The summed E-state index contributed by atoms with van der Waals surface area (Å²) >= 11 is 0. The molecule has 0 saturated heterocycles. The van der Waals surface area contributed by atoms with E-state index in [9.17, 15) is 54.0 Å². The predicted molar refractivity (Wildman–Crippen MR) is 433 cm³/mol. The number of hydrogen-bond acceptors (Lipinski definition) is 19. The van der Waals surface area contributed by atoms with Crippen LogP contribution < -0.4 is 35.5 Å². The number of ether oxygens (including phenoxy) is 3. The number of likely N-dealkylation sites (N-methyl/N-ethyl adjacent to an activating group) is 8. The number of nitrogens with one attached hydrogen (secondary N) is 4. The minimum atomic E-state index is -3.91. The molecule has 0 unspecified atom stereocenters. The lowest BCUT2D eigenvalue weighted by Gasteiger charge is -2.21. The first-order valence-electron chi connectivity index (χ1n) is 37.1. The summed E-state index contributed by atoms with van der Waals surface area (Å²) in [4.78, 5) is 82.9. The third-order valence-electron chi connectivity index (χ3n) is 19.9. The smallest absolute Gasteiger partial charge is 0.322 e. The van der Waals surface area contributed by atoms with Gasteiger partial charge < -0.3 is 65.1 Å². The summed E-state index contributed by atoms with van der Waals surface area (Å²) in [5, 5.41) is 18.9. The van der Waals surface area contributed by atoms with Gasteiger partial charge in [0.25, 0.3) is 0 Å². The number of benzene rings is 6. The van der Waals surface area contributed by atoms with Crippen LogP contribution in [0.5, 0.6) is 17.2 Å². The summed E-state index contributed by atoms with van der Waals surface area (Å²) < 4.78 is 96.1. The van der Waals surface area contributed by atoms with Gasteiger partial charge in [-0.3, -0.25) is 28.8 Å². The van der Waals surface area contributed by atoms with E-state index in [0.717, 1.165) is 82.4 Å².